The number of halogens is 4. The molecule has 0 heterocycles. The number of hydrogen-bond donors (Lipinski definition) is 0. The minimum absolute atomic E-state index is 0.289. The van der Waals surface area contributed by atoms with E-state index in [0.717, 1.165) is 8.95 Å². The van der Waals surface area contributed by atoms with Crippen molar-refractivity contribution in [1.29, 1.82) is 0 Å². The van der Waals surface area contributed by atoms with Crippen molar-refractivity contribution >= 4 is 53.4 Å². The molecule has 0 amide bonds. The van der Waals surface area contributed by atoms with Crippen LogP contribution in [-0.2, 0) is 0 Å². The molecule has 0 aliphatic rings. The lowest BCUT2D eigenvalue weighted by atomic mass is 10.0. The fourth-order valence-corrected chi connectivity index (χ4v) is 2.82. The minimum Gasteiger partial charge on any atom is -0.203 e. The number of rotatable bonds is 0. The second kappa shape index (κ2) is 4.28. The first kappa shape index (κ1) is 12.1. The van der Waals surface area contributed by atoms with E-state index < -0.39 is 11.6 Å². The fourth-order valence-electron chi connectivity index (χ4n) is 2.10. The number of benzene rings is 3. The lowest BCUT2D eigenvalue weighted by Gasteiger charge is -2.08. The molecule has 0 aromatic heterocycles. The maximum Gasteiger partial charge on any atom is 0.167 e. The first-order chi connectivity index (χ1) is 8.58. The van der Waals surface area contributed by atoms with Gasteiger partial charge in [-0.1, -0.05) is 44.0 Å². The molecule has 0 N–H and O–H groups in total. The zero-order valence-electron chi connectivity index (χ0n) is 8.98. The lowest BCUT2D eigenvalue weighted by molar-refractivity contribution is 0.525. The van der Waals surface area contributed by atoms with Crippen molar-refractivity contribution in [2.24, 2.45) is 0 Å². The summed E-state index contributed by atoms with van der Waals surface area (Å²) in [6, 6.07) is 10.4. The van der Waals surface area contributed by atoms with Gasteiger partial charge in [-0.25, -0.2) is 8.78 Å². The van der Waals surface area contributed by atoms with Gasteiger partial charge < -0.3 is 0 Å². The molecule has 0 radical (unpaired) electrons. The molecule has 0 spiro atoms. The second-order valence-electron chi connectivity index (χ2n) is 4.01. The van der Waals surface area contributed by atoms with E-state index in [2.05, 4.69) is 31.9 Å². The van der Waals surface area contributed by atoms with Crippen LogP contribution in [-0.4, -0.2) is 0 Å². The van der Waals surface area contributed by atoms with Gasteiger partial charge in [0.15, 0.2) is 11.6 Å². The molecule has 0 bridgehead atoms. The number of hydrogen-bond acceptors (Lipinski definition) is 0. The Kier molecular flexibility index (Phi) is 2.87. The predicted molar refractivity (Wildman–Crippen MR) is 76.8 cm³/mol. The van der Waals surface area contributed by atoms with Gasteiger partial charge in [-0.3, -0.25) is 0 Å². The molecule has 90 valence electrons. The summed E-state index contributed by atoms with van der Waals surface area (Å²) in [6.07, 6.45) is 0. The van der Waals surface area contributed by atoms with Crippen LogP contribution in [0, 0.1) is 11.6 Å². The summed E-state index contributed by atoms with van der Waals surface area (Å²) >= 11 is 6.54. The smallest absolute Gasteiger partial charge is 0.167 e. The highest BCUT2D eigenvalue weighted by Gasteiger charge is 2.14. The highest BCUT2D eigenvalue weighted by atomic mass is 79.9. The summed E-state index contributed by atoms with van der Waals surface area (Å²) in [5.74, 6) is -1.62. The zero-order chi connectivity index (χ0) is 12.9. The molecule has 0 saturated heterocycles. The molecule has 0 aliphatic carbocycles. The molecular formula is C14H6Br2F2. The largest absolute Gasteiger partial charge is 0.203 e. The van der Waals surface area contributed by atoms with Crippen LogP contribution in [0.3, 0.4) is 0 Å². The molecule has 0 nitrogen and oxygen atoms in total. The lowest BCUT2D eigenvalue weighted by Crippen LogP contribution is -1.90. The van der Waals surface area contributed by atoms with E-state index in [9.17, 15) is 8.78 Å². The van der Waals surface area contributed by atoms with Crippen LogP contribution in [0.15, 0.2) is 45.3 Å². The van der Waals surface area contributed by atoms with Crippen molar-refractivity contribution < 1.29 is 8.78 Å². The molecule has 0 unspecified atom stereocenters. The Bertz CT molecular complexity index is 715. The monoisotopic (exact) mass is 370 g/mol. The van der Waals surface area contributed by atoms with E-state index in [0.29, 0.717) is 10.8 Å². The Morgan fingerprint density at radius 3 is 1.39 bits per heavy atom. The van der Waals surface area contributed by atoms with Gasteiger partial charge in [0.2, 0.25) is 0 Å². The SMILES string of the molecule is Fc1c(F)c2cc(Br)ccc2c2ccc(Br)cc12. The van der Waals surface area contributed by atoms with Crippen molar-refractivity contribution in [1.82, 2.24) is 0 Å². The number of fused-ring (bicyclic) bond motifs is 3. The topological polar surface area (TPSA) is 0 Å². The normalized spacial score (nSPS) is 11.3. The predicted octanol–water partition coefficient (Wildman–Crippen LogP) is 5.80. The summed E-state index contributed by atoms with van der Waals surface area (Å²) in [4.78, 5) is 0. The van der Waals surface area contributed by atoms with Crippen LogP contribution in [0.1, 0.15) is 0 Å². The summed E-state index contributed by atoms with van der Waals surface area (Å²) < 4.78 is 29.5. The summed E-state index contributed by atoms with van der Waals surface area (Å²) in [5, 5.41) is 1.99. The van der Waals surface area contributed by atoms with E-state index in [1.54, 1.807) is 24.3 Å². The van der Waals surface area contributed by atoms with Gasteiger partial charge in [0.1, 0.15) is 0 Å². The van der Waals surface area contributed by atoms with E-state index in [1.165, 1.54) is 0 Å². The van der Waals surface area contributed by atoms with Crippen LogP contribution in [0.4, 0.5) is 8.78 Å². The van der Waals surface area contributed by atoms with Gasteiger partial charge in [0, 0.05) is 19.7 Å². The fraction of sp³-hybridized carbons (Fsp3) is 0. The van der Waals surface area contributed by atoms with Gasteiger partial charge in [-0.05, 0) is 35.0 Å². The molecule has 0 aliphatic heterocycles. The van der Waals surface area contributed by atoms with Crippen molar-refractivity contribution in [3.63, 3.8) is 0 Å². The van der Waals surface area contributed by atoms with Gasteiger partial charge >= 0.3 is 0 Å². The summed E-state index contributed by atoms with van der Waals surface area (Å²) in [6.45, 7) is 0. The molecule has 18 heavy (non-hydrogen) atoms. The van der Waals surface area contributed by atoms with Crippen molar-refractivity contribution in [3.05, 3.63) is 57.0 Å². The molecule has 4 heteroatoms. The average molecular weight is 372 g/mol. The Morgan fingerprint density at radius 1 is 0.611 bits per heavy atom. The Hall–Kier alpha value is -1.00. The maximum absolute atomic E-state index is 14.0. The van der Waals surface area contributed by atoms with Crippen LogP contribution < -0.4 is 0 Å². The quantitative estimate of drug-likeness (QED) is 0.438. The first-order valence-corrected chi connectivity index (χ1v) is 6.82. The Labute approximate surface area is 119 Å². The van der Waals surface area contributed by atoms with E-state index in [-0.39, 0.29) is 10.8 Å². The average Bonchev–Trinajstić information content (AvgIpc) is 2.36. The van der Waals surface area contributed by atoms with Gasteiger partial charge in [0.05, 0.1) is 0 Å². The van der Waals surface area contributed by atoms with Gasteiger partial charge in [0.25, 0.3) is 0 Å². The summed E-state index contributed by atoms with van der Waals surface area (Å²) in [5.41, 5.74) is 0. The van der Waals surface area contributed by atoms with Crippen LogP contribution in [0.5, 0.6) is 0 Å². The van der Waals surface area contributed by atoms with Crippen molar-refractivity contribution in [2.45, 2.75) is 0 Å². The molecule has 3 aromatic rings. The third-order valence-electron chi connectivity index (χ3n) is 2.92. The van der Waals surface area contributed by atoms with Crippen LogP contribution in [0.2, 0.25) is 0 Å². The third kappa shape index (κ3) is 1.75. The van der Waals surface area contributed by atoms with E-state index in [4.69, 9.17) is 0 Å². The van der Waals surface area contributed by atoms with Crippen LogP contribution >= 0.6 is 31.9 Å². The standard InChI is InChI=1S/C14H6Br2F2/c15-7-1-3-9-10-4-2-8(16)6-12(10)14(18)13(17)11(9)5-7/h1-6H. The first-order valence-electron chi connectivity index (χ1n) is 5.23. The van der Waals surface area contributed by atoms with E-state index in [1.807, 2.05) is 12.1 Å². The molecule has 0 saturated carbocycles. The van der Waals surface area contributed by atoms with Gasteiger partial charge in [-0.2, -0.15) is 0 Å². The molecule has 3 rings (SSSR count). The highest BCUT2D eigenvalue weighted by Crippen LogP contribution is 2.33. The maximum atomic E-state index is 14.0. The second-order valence-corrected chi connectivity index (χ2v) is 5.84. The molecule has 3 aromatic carbocycles. The van der Waals surface area contributed by atoms with Crippen molar-refractivity contribution in [3.8, 4) is 0 Å². The molecular weight excluding hydrogens is 366 g/mol. The zero-order valence-corrected chi connectivity index (χ0v) is 12.1. The minimum atomic E-state index is -0.808. The van der Waals surface area contributed by atoms with Crippen molar-refractivity contribution in [2.75, 3.05) is 0 Å². The Balaban J connectivity index is 2.62. The summed E-state index contributed by atoms with van der Waals surface area (Å²) in [7, 11) is 0. The van der Waals surface area contributed by atoms with Crippen LogP contribution in [0.25, 0.3) is 21.5 Å². The van der Waals surface area contributed by atoms with E-state index >= 15 is 0 Å². The van der Waals surface area contributed by atoms with Gasteiger partial charge in [-0.15, -0.1) is 0 Å². The highest BCUT2D eigenvalue weighted by molar-refractivity contribution is 9.10. The Morgan fingerprint density at radius 2 is 1.00 bits per heavy atom. The molecule has 0 atom stereocenters. The third-order valence-corrected chi connectivity index (χ3v) is 3.91. The molecule has 0 fully saturated rings.